The van der Waals surface area contributed by atoms with E-state index >= 15 is 0 Å². The molecule has 3 nitrogen and oxygen atoms in total. The standard InChI is InChI=1S/C17H20N2OS/c1-4-13-5-7-14(8-6-13)16-15(18-12(3)21-16)17(20)19-10-9-11(19)2/h5-8,11H,4,9-10H2,1-3H3. The monoisotopic (exact) mass is 300 g/mol. The first-order valence-electron chi connectivity index (χ1n) is 7.48. The molecule has 2 aromatic rings. The SMILES string of the molecule is CCc1ccc(-c2sc(C)nc2C(=O)N2CCC2C)cc1. The molecule has 1 aliphatic heterocycles. The Kier molecular flexibility index (Phi) is 3.81. The molecule has 1 aromatic carbocycles. The van der Waals surface area contributed by atoms with Gasteiger partial charge in [-0.25, -0.2) is 4.98 Å². The molecular weight excluding hydrogens is 280 g/mol. The van der Waals surface area contributed by atoms with Crippen molar-refractivity contribution in [2.24, 2.45) is 0 Å². The average molecular weight is 300 g/mol. The highest BCUT2D eigenvalue weighted by Gasteiger charge is 2.32. The van der Waals surface area contributed by atoms with Gasteiger partial charge in [0.25, 0.3) is 5.91 Å². The fourth-order valence-electron chi connectivity index (χ4n) is 2.61. The second-order valence-corrected chi connectivity index (χ2v) is 6.80. The molecule has 3 rings (SSSR count). The Hall–Kier alpha value is -1.68. The molecule has 0 saturated carbocycles. The van der Waals surface area contributed by atoms with Crippen LogP contribution in [0.5, 0.6) is 0 Å². The van der Waals surface area contributed by atoms with Gasteiger partial charge in [-0.05, 0) is 37.8 Å². The van der Waals surface area contributed by atoms with Crippen molar-refractivity contribution in [3.8, 4) is 10.4 Å². The number of nitrogens with zero attached hydrogens (tertiary/aromatic N) is 2. The van der Waals surface area contributed by atoms with Crippen LogP contribution in [0.4, 0.5) is 0 Å². The van der Waals surface area contributed by atoms with Crippen molar-refractivity contribution in [3.63, 3.8) is 0 Å². The number of rotatable bonds is 3. The van der Waals surface area contributed by atoms with E-state index in [1.165, 1.54) is 5.56 Å². The summed E-state index contributed by atoms with van der Waals surface area (Å²) in [6, 6.07) is 8.80. The Bertz CT molecular complexity index is 660. The first-order chi connectivity index (χ1) is 10.1. The highest BCUT2D eigenvalue weighted by atomic mass is 32.1. The Labute approximate surface area is 129 Å². The summed E-state index contributed by atoms with van der Waals surface area (Å²) >= 11 is 1.60. The number of hydrogen-bond acceptors (Lipinski definition) is 3. The van der Waals surface area contributed by atoms with Gasteiger partial charge in [0.2, 0.25) is 0 Å². The molecule has 0 radical (unpaired) electrons. The van der Waals surface area contributed by atoms with Gasteiger partial charge in [-0.15, -0.1) is 11.3 Å². The van der Waals surface area contributed by atoms with E-state index in [-0.39, 0.29) is 5.91 Å². The van der Waals surface area contributed by atoms with Crippen LogP contribution in [0, 0.1) is 6.92 Å². The number of benzene rings is 1. The first kappa shape index (κ1) is 14.3. The van der Waals surface area contributed by atoms with Crippen LogP contribution in [0.15, 0.2) is 24.3 Å². The normalized spacial score (nSPS) is 17.7. The molecule has 0 N–H and O–H groups in total. The smallest absolute Gasteiger partial charge is 0.274 e. The highest BCUT2D eigenvalue weighted by Crippen LogP contribution is 2.32. The maximum absolute atomic E-state index is 12.6. The minimum atomic E-state index is 0.0765. The van der Waals surface area contributed by atoms with Crippen LogP contribution in [0.1, 0.15) is 41.3 Å². The summed E-state index contributed by atoms with van der Waals surface area (Å²) in [5.74, 6) is 0.0765. The molecule has 0 spiro atoms. The summed E-state index contributed by atoms with van der Waals surface area (Å²) in [6.07, 6.45) is 2.12. The van der Waals surface area contributed by atoms with Crippen LogP contribution in [-0.2, 0) is 6.42 Å². The van der Waals surface area contributed by atoms with E-state index < -0.39 is 0 Å². The number of likely N-dealkylation sites (tertiary alicyclic amines) is 1. The summed E-state index contributed by atoms with van der Waals surface area (Å²) < 4.78 is 0. The highest BCUT2D eigenvalue weighted by molar-refractivity contribution is 7.15. The molecule has 0 bridgehead atoms. The Morgan fingerprint density at radius 2 is 2.10 bits per heavy atom. The van der Waals surface area contributed by atoms with Crippen molar-refractivity contribution in [2.45, 2.75) is 39.7 Å². The van der Waals surface area contributed by atoms with Gasteiger partial charge in [0.1, 0.15) is 5.69 Å². The van der Waals surface area contributed by atoms with Crippen molar-refractivity contribution in [1.82, 2.24) is 9.88 Å². The minimum absolute atomic E-state index is 0.0765. The second kappa shape index (κ2) is 5.60. The lowest BCUT2D eigenvalue weighted by molar-refractivity contribution is 0.0497. The molecule has 1 saturated heterocycles. The van der Waals surface area contributed by atoms with Crippen molar-refractivity contribution >= 4 is 17.2 Å². The third kappa shape index (κ3) is 2.60. The minimum Gasteiger partial charge on any atom is -0.334 e. The summed E-state index contributed by atoms with van der Waals surface area (Å²) in [4.78, 5) is 20.0. The van der Waals surface area contributed by atoms with E-state index in [9.17, 15) is 4.79 Å². The molecule has 21 heavy (non-hydrogen) atoms. The van der Waals surface area contributed by atoms with Gasteiger partial charge in [0, 0.05) is 12.6 Å². The van der Waals surface area contributed by atoms with Crippen molar-refractivity contribution in [2.75, 3.05) is 6.54 Å². The fraction of sp³-hybridized carbons (Fsp3) is 0.412. The zero-order chi connectivity index (χ0) is 15.0. The maximum Gasteiger partial charge on any atom is 0.274 e. The summed E-state index contributed by atoms with van der Waals surface area (Å²) in [5, 5.41) is 0.945. The van der Waals surface area contributed by atoms with Crippen molar-refractivity contribution in [1.29, 1.82) is 0 Å². The number of carbonyl (C=O) groups excluding carboxylic acids is 1. The Balaban J connectivity index is 1.96. The van der Waals surface area contributed by atoms with Gasteiger partial charge < -0.3 is 4.90 Å². The zero-order valence-electron chi connectivity index (χ0n) is 12.7. The lowest BCUT2D eigenvalue weighted by Crippen LogP contribution is -2.49. The first-order valence-corrected chi connectivity index (χ1v) is 8.29. The van der Waals surface area contributed by atoms with Gasteiger partial charge in [0.05, 0.1) is 9.88 Å². The molecule has 1 amide bonds. The predicted octanol–water partition coefficient (Wildman–Crippen LogP) is 3.92. The molecule has 1 unspecified atom stereocenters. The van der Waals surface area contributed by atoms with Gasteiger partial charge in [-0.2, -0.15) is 0 Å². The van der Waals surface area contributed by atoms with Crippen LogP contribution >= 0.6 is 11.3 Å². The number of aryl methyl sites for hydroxylation is 2. The van der Waals surface area contributed by atoms with Gasteiger partial charge in [-0.3, -0.25) is 4.79 Å². The second-order valence-electron chi connectivity index (χ2n) is 5.60. The molecule has 4 heteroatoms. The summed E-state index contributed by atoms with van der Waals surface area (Å²) in [7, 11) is 0. The van der Waals surface area contributed by atoms with Crippen LogP contribution < -0.4 is 0 Å². The molecule has 1 fully saturated rings. The number of thiazole rings is 1. The fourth-order valence-corrected chi connectivity index (χ4v) is 3.53. The van der Waals surface area contributed by atoms with E-state index in [2.05, 4.69) is 43.1 Å². The average Bonchev–Trinajstić information content (AvgIpc) is 2.87. The molecule has 110 valence electrons. The third-order valence-electron chi connectivity index (χ3n) is 4.14. The number of hydrogen-bond donors (Lipinski definition) is 0. The van der Waals surface area contributed by atoms with E-state index in [1.807, 2.05) is 11.8 Å². The van der Waals surface area contributed by atoms with Crippen molar-refractivity contribution < 1.29 is 4.79 Å². The van der Waals surface area contributed by atoms with Gasteiger partial charge in [-0.1, -0.05) is 31.2 Å². The predicted molar refractivity (Wildman–Crippen MR) is 86.8 cm³/mol. The third-order valence-corrected chi connectivity index (χ3v) is 5.16. The Morgan fingerprint density at radius 1 is 1.38 bits per heavy atom. The van der Waals surface area contributed by atoms with E-state index in [0.717, 1.165) is 34.8 Å². The lowest BCUT2D eigenvalue weighted by atomic mass is 10.0. The van der Waals surface area contributed by atoms with Gasteiger partial charge in [0.15, 0.2) is 0 Å². The van der Waals surface area contributed by atoms with Crippen LogP contribution in [0.25, 0.3) is 10.4 Å². The van der Waals surface area contributed by atoms with Crippen molar-refractivity contribution in [3.05, 3.63) is 40.5 Å². The number of amides is 1. The largest absolute Gasteiger partial charge is 0.334 e. The summed E-state index contributed by atoms with van der Waals surface area (Å²) in [6.45, 7) is 7.05. The van der Waals surface area contributed by atoms with E-state index in [1.54, 1.807) is 11.3 Å². The molecule has 1 aliphatic rings. The molecule has 0 aliphatic carbocycles. The molecule has 2 heterocycles. The molecule has 1 atom stereocenters. The van der Waals surface area contributed by atoms with E-state index in [0.29, 0.717) is 11.7 Å². The maximum atomic E-state index is 12.6. The zero-order valence-corrected chi connectivity index (χ0v) is 13.5. The van der Waals surface area contributed by atoms with Crippen LogP contribution in [0.2, 0.25) is 0 Å². The summed E-state index contributed by atoms with van der Waals surface area (Å²) in [5.41, 5.74) is 3.02. The van der Waals surface area contributed by atoms with Crippen LogP contribution in [-0.4, -0.2) is 28.4 Å². The quantitative estimate of drug-likeness (QED) is 0.861. The van der Waals surface area contributed by atoms with Gasteiger partial charge >= 0.3 is 0 Å². The lowest BCUT2D eigenvalue weighted by Gasteiger charge is -2.38. The molecule has 1 aromatic heterocycles. The van der Waals surface area contributed by atoms with E-state index in [4.69, 9.17) is 0 Å². The van der Waals surface area contributed by atoms with Crippen LogP contribution in [0.3, 0.4) is 0 Å². The molecular formula is C17H20N2OS. The Morgan fingerprint density at radius 3 is 2.62 bits per heavy atom. The number of aromatic nitrogens is 1. The topological polar surface area (TPSA) is 33.2 Å². The number of carbonyl (C=O) groups is 1.